The van der Waals surface area contributed by atoms with Crippen molar-refractivity contribution in [1.29, 1.82) is 0 Å². The first-order chi connectivity index (χ1) is 9.58. The summed E-state index contributed by atoms with van der Waals surface area (Å²) in [7, 11) is 0. The summed E-state index contributed by atoms with van der Waals surface area (Å²) in [5.74, 6) is -0.111. The van der Waals surface area contributed by atoms with E-state index in [1.807, 2.05) is 0 Å². The molecular weight excluding hydrogens is 278 g/mol. The number of unbranched alkanes of at least 4 members (excludes halogenated alkanes) is 3. The van der Waals surface area contributed by atoms with Crippen molar-refractivity contribution in [2.24, 2.45) is 10.9 Å². The molecule has 1 amide bonds. The fourth-order valence-corrected chi connectivity index (χ4v) is 1.93. The number of halogens is 1. The monoisotopic (exact) mass is 297 g/mol. The molecule has 20 heavy (non-hydrogen) atoms. The van der Waals surface area contributed by atoms with Gasteiger partial charge in [-0.1, -0.05) is 42.9 Å². The SMILES string of the molecule is CCCCCCC(=O)Nc1cc(/C(N)=N/O)ccc1Cl. The van der Waals surface area contributed by atoms with Crippen LogP contribution in [0.25, 0.3) is 0 Å². The number of nitrogens with two attached hydrogens (primary N) is 1. The molecule has 0 radical (unpaired) electrons. The second-order valence-corrected chi connectivity index (χ2v) is 4.95. The molecule has 0 aliphatic rings. The van der Waals surface area contributed by atoms with Gasteiger partial charge in [0.15, 0.2) is 5.84 Å². The van der Waals surface area contributed by atoms with E-state index < -0.39 is 0 Å². The molecule has 1 rings (SSSR count). The zero-order valence-corrected chi connectivity index (χ0v) is 12.3. The molecule has 6 heteroatoms. The summed E-state index contributed by atoms with van der Waals surface area (Å²) in [5, 5.41) is 14.7. The van der Waals surface area contributed by atoms with Gasteiger partial charge in [0.25, 0.3) is 0 Å². The van der Waals surface area contributed by atoms with Crippen molar-refractivity contribution in [2.75, 3.05) is 5.32 Å². The van der Waals surface area contributed by atoms with Crippen LogP contribution in [-0.2, 0) is 4.79 Å². The lowest BCUT2D eigenvalue weighted by Gasteiger charge is -2.09. The Hall–Kier alpha value is -1.75. The second kappa shape index (κ2) is 8.43. The van der Waals surface area contributed by atoms with Gasteiger partial charge in [-0.3, -0.25) is 4.79 Å². The zero-order valence-electron chi connectivity index (χ0n) is 11.5. The fraction of sp³-hybridized carbons (Fsp3) is 0.429. The van der Waals surface area contributed by atoms with E-state index in [2.05, 4.69) is 17.4 Å². The molecule has 0 spiro atoms. The van der Waals surface area contributed by atoms with Crippen LogP contribution in [0.15, 0.2) is 23.4 Å². The van der Waals surface area contributed by atoms with Gasteiger partial charge in [-0.15, -0.1) is 0 Å². The van der Waals surface area contributed by atoms with Crippen LogP contribution in [0.3, 0.4) is 0 Å². The molecule has 0 unspecified atom stereocenters. The highest BCUT2D eigenvalue weighted by atomic mass is 35.5. The van der Waals surface area contributed by atoms with Crippen LogP contribution >= 0.6 is 11.6 Å². The Labute approximate surface area is 123 Å². The summed E-state index contributed by atoms with van der Waals surface area (Å²) in [6.45, 7) is 2.12. The molecule has 0 heterocycles. The molecule has 0 bridgehead atoms. The fourth-order valence-electron chi connectivity index (χ4n) is 1.76. The van der Waals surface area contributed by atoms with Crippen molar-refractivity contribution in [3.63, 3.8) is 0 Å². The molecule has 5 nitrogen and oxygen atoms in total. The van der Waals surface area contributed by atoms with Crippen molar-refractivity contribution in [2.45, 2.75) is 39.0 Å². The van der Waals surface area contributed by atoms with Crippen molar-refractivity contribution in [3.8, 4) is 0 Å². The molecule has 110 valence electrons. The maximum atomic E-state index is 11.8. The van der Waals surface area contributed by atoms with Crippen molar-refractivity contribution in [1.82, 2.24) is 0 Å². The molecule has 1 aromatic carbocycles. The predicted molar refractivity (Wildman–Crippen MR) is 81.4 cm³/mol. The number of hydrogen-bond acceptors (Lipinski definition) is 3. The molecule has 0 aliphatic carbocycles. The second-order valence-electron chi connectivity index (χ2n) is 4.54. The van der Waals surface area contributed by atoms with Crippen LogP contribution < -0.4 is 11.1 Å². The number of hydrogen-bond donors (Lipinski definition) is 3. The molecule has 0 aromatic heterocycles. The van der Waals surface area contributed by atoms with Gasteiger partial charge >= 0.3 is 0 Å². The molecule has 0 fully saturated rings. The highest BCUT2D eigenvalue weighted by Gasteiger charge is 2.08. The Morgan fingerprint density at radius 1 is 1.40 bits per heavy atom. The van der Waals surface area contributed by atoms with E-state index in [9.17, 15) is 4.79 Å². The van der Waals surface area contributed by atoms with E-state index in [1.165, 1.54) is 0 Å². The number of nitrogens with one attached hydrogen (secondary N) is 1. The van der Waals surface area contributed by atoms with E-state index in [0.29, 0.717) is 22.7 Å². The molecule has 0 saturated carbocycles. The number of carbonyl (C=O) groups is 1. The Balaban J connectivity index is 2.64. The number of nitrogens with zero attached hydrogens (tertiary/aromatic N) is 1. The summed E-state index contributed by atoms with van der Waals surface area (Å²) in [5.41, 5.74) is 6.47. The first-order valence-corrected chi connectivity index (χ1v) is 7.03. The average Bonchev–Trinajstić information content (AvgIpc) is 2.45. The number of anilines is 1. The summed E-state index contributed by atoms with van der Waals surface area (Å²) >= 11 is 6.01. The lowest BCUT2D eigenvalue weighted by molar-refractivity contribution is -0.116. The topological polar surface area (TPSA) is 87.7 Å². The van der Waals surface area contributed by atoms with Gasteiger partial charge in [0, 0.05) is 12.0 Å². The number of amidine groups is 1. The van der Waals surface area contributed by atoms with Crippen molar-refractivity contribution >= 4 is 29.0 Å². The summed E-state index contributed by atoms with van der Waals surface area (Å²) in [6.07, 6.45) is 4.63. The standard InChI is InChI=1S/C14H20ClN3O2/c1-2-3-4-5-6-13(19)17-12-9-10(14(16)18-20)7-8-11(12)15/h7-9,20H,2-6H2,1H3,(H2,16,18)(H,17,19). The number of oxime groups is 1. The van der Waals surface area contributed by atoms with E-state index in [4.69, 9.17) is 22.5 Å². The van der Waals surface area contributed by atoms with Crippen LogP contribution in [0.4, 0.5) is 5.69 Å². The highest BCUT2D eigenvalue weighted by Crippen LogP contribution is 2.23. The van der Waals surface area contributed by atoms with Gasteiger partial charge < -0.3 is 16.3 Å². The lowest BCUT2D eigenvalue weighted by atomic mass is 10.1. The van der Waals surface area contributed by atoms with Gasteiger partial charge in [-0.2, -0.15) is 0 Å². The number of benzene rings is 1. The third kappa shape index (κ3) is 5.09. The molecule has 4 N–H and O–H groups in total. The van der Waals surface area contributed by atoms with Crippen LogP contribution in [0.5, 0.6) is 0 Å². The molecule has 0 aliphatic heterocycles. The van der Waals surface area contributed by atoms with Gasteiger partial charge in [0.05, 0.1) is 10.7 Å². The van der Waals surface area contributed by atoms with Gasteiger partial charge in [0.1, 0.15) is 0 Å². The number of amides is 1. The molecule has 1 aromatic rings. The first kappa shape index (κ1) is 16.3. The summed E-state index contributed by atoms with van der Waals surface area (Å²) in [6, 6.07) is 4.80. The number of rotatable bonds is 7. The molecular formula is C14H20ClN3O2. The maximum absolute atomic E-state index is 11.8. The van der Waals surface area contributed by atoms with E-state index in [1.54, 1.807) is 18.2 Å². The Morgan fingerprint density at radius 2 is 2.15 bits per heavy atom. The minimum Gasteiger partial charge on any atom is -0.409 e. The lowest BCUT2D eigenvalue weighted by Crippen LogP contribution is -2.15. The van der Waals surface area contributed by atoms with Crippen LogP contribution in [0.2, 0.25) is 5.02 Å². The van der Waals surface area contributed by atoms with Crippen molar-refractivity contribution in [3.05, 3.63) is 28.8 Å². The third-order valence-electron chi connectivity index (χ3n) is 2.90. The quantitative estimate of drug-likeness (QED) is 0.237. The van der Waals surface area contributed by atoms with Crippen LogP contribution in [0, 0.1) is 0 Å². The predicted octanol–water partition coefficient (Wildman–Crippen LogP) is 3.34. The minimum atomic E-state index is -0.0836. The smallest absolute Gasteiger partial charge is 0.224 e. The molecule has 0 atom stereocenters. The summed E-state index contributed by atoms with van der Waals surface area (Å²) in [4.78, 5) is 11.8. The number of carbonyl (C=O) groups excluding carboxylic acids is 1. The third-order valence-corrected chi connectivity index (χ3v) is 3.23. The Kier molecular flexibility index (Phi) is 6.87. The zero-order chi connectivity index (χ0) is 15.0. The molecule has 0 saturated heterocycles. The normalized spacial score (nSPS) is 11.4. The van der Waals surface area contributed by atoms with Crippen LogP contribution in [-0.4, -0.2) is 17.0 Å². The van der Waals surface area contributed by atoms with E-state index in [0.717, 1.165) is 25.7 Å². The minimum absolute atomic E-state index is 0.0277. The van der Waals surface area contributed by atoms with Crippen LogP contribution in [0.1, 0.15) is 44.6 Å². The van der Waals surface area contributed by atoms with Gasteiger partial charge in [0.2, 0.25) is 5.91 Å². The Bertz CT molecular complexity index is 489. The average molecular weight is 298 g/mol. The largest absolute Gasteiger partial charge is 0.409 e. The maximum Gasteiger partial charge on any atom is 0.224 e. The highest BCUT2D eigenvalue weighted by molar-refractivity contribution is 6.33. The summed E-state index contributed by atoms with van der Waals surface area (Å²) < 4.78 is 0. The van der Waals surface area contributed by atoms with Gasteiger partial charge in [-0.25, -0.2) is 0 Å². The Morgan fingerprint density at radius 3 is 2.80 bits per heavy atom. The van der Waals surface area contributed by atoms with Gasteiger partial charge in [-0.05, 0) is 24.6 Å². The van der Waals surface area contributed by atoms with Crippen molar-refractivity contribution < 1.29 is 10.0 Å². The van der Waals surface area contributed by atoms with E-state index in [-0.39, 0.29) is 11.7 Å². The first-order valence-electron chi connectivity index (χ1n) is 6.65. The van der Waals surface area contributed by atoms with E-state index >= 15 is 0 Å².